The van der Waals surface area contributed by atoms with Crippen molar-refractivity contribution in [3.05, 3.63) is 10.4 Å². The Kier molecular flexibility index (Phi) is 3.67. The molecule has 118 valence electrons. The normalized spacial score (nSPS) is 15.2. The first-order valence-electron chi connectivity index (χ1n) is 6.94. The number of H-pyrrole nitrogens is 1. The first kappa shape index (κ1) is 14.3. The summed E-state index contributed by atoms with van der Waals surface area (Å²) in [5.41, 5.74) is 0.299. The summed E-state index contributed by atoms with van der Waals surface area (Å²) in [5, 5.41) is 14.6. The molecule has 10 nitrogen and oxygen atoms in total. The van der Waals surface area contributed by atoms with Crippen LogP contribution < -0.4 is 21.1 Å². The van der Waals surface area contributed by atoms with Crippen molar-refractivity contribution in [1.29, 1.82) is 0 Å². The Hall–Kier alpha value is -2.62. The molecule has 0 radical (unpaired) electrons. The van der Waals surface area contributed by atoms with Gasteiger partial charge in [0, 0.05) is 33.2 Å². The number of nitrogens with zero attached hydrogens (tertiary/aromatic N) is 4. The van der Waals surface area contributed by atoms with E-state index in [-0.39, 0.29) is 23.7 Å². The van der Waals surface area contributed by atoms with E-state index >= 15 is 0 Å². The standard InChI is InChI=1S/C12H17N7O3/c1-18-10(22)8-9(16-11(18)14-6-7(20)21)17-12(15-8)19-4-2-13-3-5-19/h13H,2-6H2,1H3,(H,14,16)(H,15,17)(H,20,21). The van der Waals surface area contributed by atoms with E-state index in [0.29, 0.717) is 11.5 Å². The van der Waals surface area contributed by atoms with Crippen LogP contribution in [0.5, 0.6) is 0 Å². The second-order valence-corrected chi connectivity index (χ2v) is 5.04. The van der Waals surface area contributed by atoms with Gasteiger partial charge in [0.25, 0.3) is 5.56 Å². The highest BCUT2D eigenvalue weighted by Gasteiger charge is 2.18. The Bertz CT molecular complexity index is 760. The molecule has 0 aromatic carbocycles. The number of rotatable bonds is 4. The summed E-state index contributed by atoms with van der Waals surface area (Å²) in [4.78, 5) is 36.6. The molecule has 0 bridgehead atoms. The topological polar surface area (TPSA) is 128 Å². The van der Waals surface area contributed by atoms with Crippen molar-refractivity contribution in [1.82, 2.24) is 24.8 Å². The lowest BCUT2D eigenvalue weighted by Crippen LogP contribution is -2.44. The van der Waals surface area contributed by atoms with Gasteiger partial charge in [-0.2, -0.15) is 9.97 Å². The summed E-state index contributed by atoms with van der Waals surface area (Å²) in [5.74, 6) is -0.243. The van der Waals surface area contributed by atoms with E-state index in [1.54, 1.807) is 0 Å². The fraction of sp³-hybridized carbons (Fsp3) is 0.500. The van der Waals surface area contributed by atoms with Gasteiger partial charge < -0.3 is 25.6 Å². The maximum atomic E-state index is 12.3. The van der Waals surface area contributed by atoms with Crippen molar-refractivity contribution in [3.8, 4) is 0 Å². The highest BCUT2D eigenvalue weighted by Crippen LogP contribution is 2.15. The van der Waals surface area contributed by atoms with Crippen LogP contribution in [0.15, 0.2) is 4.79 Å². The molecule has 0 atom stereocenters. The first-order chi connectivity index (χ1) is 10.6. The van der Waals surface area contributed by atoms with Gasteiger partial charge in [-0.25, -0.2) is 0 Å². The summed E-state index contributed by atoms with van der Waals surface area (Å²) >= 11 is 0. The average Bonchev–Trinajstić information content (AvgIpc) is 2.94. The average molecular weight is 307 g/mol. The van der Waals surface area contributed by atoms with Gasteiger partial charge in [-0.05, 0) is 0 Å². The summed E-state index contributed by atoms with van der Waals surface area (Å²) in [7, 11) is 1.53. The highest BCUT2D eigenvalue weighted by molar-refractivity contribution is 5.75. The third-order valence-corrected chi connectivity index (χ3v) is 3.53. The third-order valence-electron chi connectivity index (χ3n) is 3.53. The van der Waals surface area contributed by atoms with E-state index in [9.17, 15) is 9.59 Å². The molecule has 2 aromatic heterocycles. The Morgan fingerprint density at radius 2 is 2.09 bits per heavy atom. The van der Waals surface area contributed by atoms with E-state index in [2.05, 4.69) is 25.6 Å². The number of aromatic amines is 1. The highest BCUT2D eigenvalue weighted by atomic mass is 16.4. The number of hydrogen-bond donors (Lipinski definition) is 4. The zero-order valence-electron chi connectivity index (χ0n) is 12.1. The molecule has 0 aliphatic carbocycles. The Labute approximate surface area is 125 Å². The lowest BCUT2D eigenvalue weighted by atomic mass is 10.4. The smallest absolute Gasteiger partial charge is 0.322 e. The number of hydrogen-bond acceptors (Lipinski definition) is 7. The van der Waals surface area contributed by atoms with Gasteiger partial charge in [-0.1, -0.05) is 0 Å². The van der Waals surface area contributed by atoms with Crippen LogP contribution in [0.1, 0.15) is 0 Å². The molecule has 1 aliphatic heterocycles. The van der Waals surface area contributed by atoms with Crippen molar-refractivity contribution in [2.24, 2.45) is 7.05 Å². The number of carboxylic acids is 1. The minimum Gasteiger partial charge on any atom is -0.480 e. The molecule has 10 heteroatoms. The van der Waals surface area contributed by atoms with Crippen LogP contribution in [-0.2, 0) is 11.8 Å². The summed E-state index contributed by atoms with van der Waals surface area (Å²) < 4.78 is 1.27. The van der Waals surface area contributed by atoms with Crippen LogP contribution in [0.2, 0.25) is 0 Å². The number of nitrogens with one attached hydrogen (secondary N) is 3. The molecule has 22 heavy (non-hydrogen) atoms. The zero-order chi connectivity index (χ0) is 15.7. The van der Waals surface area contributed by atoms with Gasteiger partial charge in [0.1, 0.15) is 6.54 Å². The van der Waals surface area contributed by atoms with E-state index in [0.717, 1.165) is 26.2 Å². The lowest BCUT2D eigenvalue weighted by molar-refractivity contribution is -0.134. The monoisotopic (exact) mass is 307 g/mol. The molecule has 1 saturated heterocycles. The predicted molar refractivity (Wildman–Crippen MR) is 80.3 cm³/mol. The lowest BCUT2D eigenvalue weighted by Gasteiger charge is -2.26. The molecular formula is C12H17N7O3. The maximum absolute atomic E-state index is 12.3. The molecular weight excluding hydrogens is 290 g/mol. The first-order valence-corrected chi connectivity index (χ1v) is 6.94. The van der Waals surface area contributed by atoms with Gasteiger partial charge in [0.15, 0.2) is 11.2 Å². The molecule has 1 aliphatic rings. The number of fused-ring (bicyclic) bond motifs is 1. The van der Waals surface area contributed by atoms with E-state index in [1.165, 1.54) is 11.6 Å². The summed E-state index contributed by atoms with van der Waals surface area (Å²) in [6.07, 6.45) is 0. The molecule has 3 rings (SSSR count). The minimum absolute atomic E-state index is 0.179. The second kappa shape index (κ2) is 5.64. The van der Waals surface area contributed by atoms with Crippen molar-refractivity contribution in [2.45, 2.75) is 0 Å². The number of carbonyl (C=O) groups is 1. The van der Waals surface area contributed by atoms with Crippen LogP contribution in [0, 0.1) is 0 Å². The molecule has 1 fully saturated rings. The number of aliphatic carboxylic acids is 1. The number of carboxylic acid groups (broad SMARTS) is 1. The van der Waals surface area contributed by atoms with Crippen LogP contribution in [0.4, 0.5) is 11.9 Å². The fourth-order valence-electron chi connectivity index (χ4n) is 2.36. The van der Waals surface area contributed by atoms with Gasteiger partial charge in [0.2, 0.25) is 11.9 Å². The second-order valence-electron chi connectivity index (χ2n) is 5.04. The molecule has 0 spiro atoms. The van der Waals surface area contributed by atoms with E-state index in [1.807, 2.05) is 4.90 Å². The van der Waals surface area contributed by atoms with Gasteiger partial charge >= 0.3 is 5.97 Å². The zero-order valence-corrected chi connectivity index (χ0v) is 12.1. The summed E-state index contributed by atoms with van der Waals surface area (Å²) in [6.45, 7) is 2.98. The Morgan fingerprint density at radius 3 is 2.77 bits per heavy atom. The largest absolute Gasteiger partial charge is 0.480 e. The number of imidazole rings is 1. The molecule has 0 amide bonds. The SMILES string of the molecule is Cn1c(NCC(=O)O)nc2nc(N3CCNCC3)[nH]c2c1=O. The Morgan fingerprint density at radius 1 is 1.36 bits per heavy atom. The van der Waals surface area contributed by atoms with Crippen molar-refractivity contribution < 1.29 is 9.90 Å². The van der Waals surface area contributed by atoms with Gasteiger partial charge in [-0.3, -0.25) is 14.2 Å². The third kappa shape index (κ3) is 2.60. The van der Waals surface area contributed by atoms with Crippen LogP contribution in [-0.4, -0.2) is 63.3 Å². The van der Waals surface area contributed by atoms with Crippen LogP contribution in [0.3, 0.4) is 0 Å². The molecule has 0 saturated carbocycles. The quantitative estimate of drug-likeness (QED) is 0.541. The molecule has 0 unspecified atom stereocenters. The van der Waals surface area contributed by atoms with Crippen molar-refractivity contribution >= 4 is 29.0 Å². The number of piperazine rings is 1. The van der Waals surface area contributed by atoms with Gasteiger partial charge in [-0.15, -0.1) is 0 Å². The number of aromatic nitrogens is 4. The van der Waals surface area contributed by atoms with Crippen molar-refractivity contribution in [3.63, 3.8) is 0 Å². The summed E-state index contributed by atoms with van der Waals surface area (Å²) in [6, 6.07) is 0. The maximum Gasteiger partial charge on any atom is 0.322 e. The van der Waals surface area contributed by atoms with E-state index in [4.69, 9.17) is 5.11 Å². The van der Waals surface area contributed by atoms with Gasteiger partial charge in [0.05, 0.1) is 0 Å². The number of anilines is 2. The Balaban J connectivity index is 1.98. The molecule has 3 heterocycles. The fourth-order valence-corrected chi connectivity index (χ4v) is 2.36. The van der Waals surface area contributed by atoms with Crippen molar-refractivity contribution in [2.75, 3.05) is 42.9 Å². The predicted octanol–water partition coefficient (Wildman–Crippen LogP) is -1.44. The van der Waals surface area contributed by atoms with Crippen LogP contribution in [0.25, 0.3) is 11.2 Å². The minimum atomic E-state index is -1.03. The van der Waals surface area contributed by atoms with E-state index < -0.39 is 5.97 Å². The molecule has 2 aromatic rings. The molecule has 4 N–H and O–H groups in total. The van der Waals surface area contributed by atoms with Crippen LogP contribution >= 0.6 is 0 Å².